The first-order valence-corrected chi connectivity index (χ1v) is 6.68. The van der Waals surface area contributed by atoms with Crippen LogP contribution in [-0.4, -0.2) is 38.0 Å². The van der Waals surface area contributed by atoms with E-state index in [-0.39, 0.29) is 12.2 Å². The van der Waals surface area contributed by atoms with Gasteiger partial charge in [0.1, 0.15) is 5.82 Å². The maximum absolute atomic E-state index is 13.5. The summed E-state index contributed by atoms with van der Waals surface area (Å²) in [5, 5.41) is 9.17. The van der Waals surface area contributed by atoms with Crippen LogP contribution in [0.15, 0.2) is 24.3 Å². The molecule has 0 aromatic heterocycles. The number of ether oxygens (including phenoxy) is 2. The Hall–Kier alpha value is -1.46. The number of benzene rings is 1. The van der Waals surface area contributed by atoms with Crippen LogP contribution in [0.5, 0.6) is 0 Å². The third kappa shape index (κ3) is 6.12. The lowest BCUT2D eigenvalue weighted by Crippen LogP contribution is -2.19. The van der Waals surface area contributed by atoms with Crippen molar-refractivity contribution in [3.63, 3.8) is 0 Å². The molecule has 4 nitrogen and oxygen atoms in total. The van der Waals surface area contributed by atoms with E-state index >= 15 is 0 Å². The molecule has 1 atom stereocenters. The van der Waals surface area contributed by atoms with Crippen LogP contribution in [0.3, 0.4) is 0 Å². The number of hydrogen-bond acceptors (Lipinski definition) is 3. The van der Waals surface area contributed by atoms with Gasteiger partial charge in [-0.05, 0) is 30.9 Å². The molecule has 0 spiro atoms. The molecule has 5 heteroatoms. The van der Waals surface area contributed by atoms with E-state index in [0.717, 1.165) is 6.42 Å². The lowest BCUT2D eigenvalue weighted by molar-refractivity contribution is -0.142. The van der Waals surface area contributed by atoms with E-state index in [9.17, 15) is 9.18 Å². The number of carboxylic acid groups (broad SMARTS) is 1. The standard InChI is InChI=1S/C15H21FO4/c1-19-8-4-9-20-10-7-13(15(17)18)11-12-5-2-3-6-14(12)16/h2-3,5-6,13H,4,7-11H2,1H3,(H,17,18). The Morgan fingerprint density at radius 2 is 2.05 bits per heavy atom. The van der Waals surface area contributed by atoms with Crippen LogP contribution in [0.25, 0.3) is 0 Å². The fraction of sp³-hybridized carbons (Fsp3) is 0.533. The fourth-order valence-corrected chi connectivity index (χ4v) is 1.88. The molecule has 1 aromatic rings. The molecule has 0 bridgehead atoms. The smallest absolute Gasteiger partial charge is 0.306 e. The van der Waals surface area contributed by atoms with Gasteiger partial charge in [-0.3, -0.25) is 4.79 Å². The van der Waals surface area contributed by atoms with Crippen molar-refractivity contribution in [3.05, 3.63) is 35.6 Å². The highest BCUT2D eigenvalue weighted by molar-refractivity contribution is 5.70. The highest BCUT2D eigenvalue weighted by Gasteiger charge is 2.19. The third-order valence-corrected chi connectivity index (χ3v) is 3.02. The zero-order valence-corrected chi connectivity index (χ0v) is 11.7. The Bertz CT molecular complexity index is 409. The van der Waals surface area contributed by atoms with E-state index in [0.29, 0.717) is 31.8 Å². The van der Waals surface area contributed by atoms with Crippen molar-refractivity contribution >= 4 is 5.97 Å². The summed E-state index contributed by atoms with van der Waals surface area (Å²) in [5.41, 5.74) is 0.430. The van der Waals surface area contributed by atoms with E-state index in [1.165, 1.54) is 6.07 Å². The van der Waals surface area contributed by atoms with E-state index < -0.39 is 11.9 Å². The maximum atomic E-state index is 13.5. The van der Waals surface area contributed by atoms with Crippen molar-refractivity contribution in [1.29, 1.82) is 0 Å². The number of methoxy groups -OCH3 is 1. The second-order valence-corrected chi connectivity index (χ2v) is 4.58. The van der Waals surface area contributed by atoms with Gasteiger partial charge < -0.3 is 14.6 Å². The van der Waals surface area contributed by atoms with Crippen molar-refractivity contribution in [3.8, 4) is 0 Å². The van der Waals surface area contributed by atoms with Gasteiger partial charge in [-0.15, -0.1) is 0 Å². The molecular weight excluding hydrogens is 263 g/mol. The minimum Gasteiger partial charge on any atom is -0.481 e. The summed E-state index contributed by atoms with van der Waals surface area (Å²) in [7, 11) is 1.62. The molecule has 0 aliphatic carbocycles. The zero-order chi connectivity index (χ0) is 14.8. The summed E-state index contributed by atoms with van der Waals surface area (Å²) in [6.07, 6.45) is 1.33. The highest BCUT2D eigenvalue weighted by atomic mass is 19.1. The summed E-state index contributed by atoms with van der Waals surface area (Å²) in [6.45, 7) is 1.52. The molecule has 0 aliphatic heterocycles. The topological polar surface area (TPSA) is 55.8 Å². The Labute approximate surface area is 118 Å². The summed E-state index contributed by atoms with van der Waals surface area (Å²) in [5.74, 6) is -1.91. The van der Waals surface area contributed by atoms with Gasteiger partial charge in [-0.25, -0.2) is 4.39 Å². The first-order valence-electron chi connectivity index (χ1n) is 6.68. The van der Waals surface area contributed by atoms with E-state index in [1.54, 1.807) is 25.3 Å². The van der Waals surface area contributed by atoms with Crippen LogP contribution in [0, 0.1) is 11.7 Å². The minimum absolute atomic E-state index is 0.184. The largest absolute Gasteiger partial charge is 0.481 e. The first kappa shape index (κ1) is 16.6. The monoisotopic (exact) mass is 284 g/mol. The van der Waals surface area contributed by atoms with Crippen LogP contribution < -0.4 is 0 Å². The quantitative estimate of drug-likeness (QED) is 0.671. The minimum atomic E-state index is -0.922. The van der Waals surface area contributed by atoms with Crippen molar-refractivity contribution in [1.82, 2.24) is 0 Å². The number of rotatable bonds is 10. The van der Waals surface area contributed by atoms with Crippen molar-refractivity contribution in [2.75, 3.05) is 26.9 Å². The second kappa shape index (κ2) is 9.44. The third-order valence-electron chi connectivity index (χ3n) is 3.02. The predicted molar refractivity (Wildman–Crippen MR) is 73.2 cm³/mol. The average molecular weight is 284 g/mol. The summed E-state index contributed by atoms with van der Waals surface area (Å²) >= 11 is 0. The second-order valence-electron chi connectivity index (χ2n) is 4.58. The molecule has 0 heterocycles. The van der Waals surface area contributed by atoms with Crippen LogP contribution >= 0.6 is 0 Å². The lowest BCUT2D eigenvalue weighted by atomic mass is 9.96. The molecule has 112 valence electrons. The Morgan fingerprint density at radius 1 is 1.30 bits per heavy atom. The first-order chi connectivity index (χ1) is 9.65. The maximum Gasteiger partial charge on any atom is 0.306 e. The van der Waals surface area contributed by atoms with E-state index in [1.807, 2.05) is 0 Å². The molecule has 1 rings (SSSR count). The molecule has 0 radical (unpaired) electrons. The number of aliphatic carboxylic acids is 1. The normalized spacial score (nSPS) is 12.3. The van der Waals surface area contributed by atoms with E-state index in [4.69, 9.17) is 14.6 Å². The molecular formula is C15H21FO4. The highest BCUT2D eigenvalue weighted by Crippen LogP contribution is 2.16. The number of carbonyl (C=O) groups is 1. The number of halogens is 1. The fourth-order valence-electron chi connectivity index (χ4n) is 1.88. The molecule has 1 aromatic carbocycles. The van der Waals surface area contributed by atoms with Gasteiger partial charge in [0.2, 0.25) is 0 Å². The van der Waals surface area contributed by atoms with Crippen LogP contribution in [0.1, 0.15) is 18.4 Å². The zero-order valence-electron chi connectivity index (χ0n) is 11.7. The van der Waals surface area contributed by atoms with Crippen LogP contribution in [0.2, 0.25) is 0 Å². The SMILES string of the molecule is COCCCOCCC(Cc1ccccc1F)C(=O)O. The molecule has 1 unspecified atom stereocenters. The van der Waals surface area contributed by atoms with Gasteiger partial charge in [0.05, 0.1) is 5.92 Å². The number of carboxylic acids is 1. The van der Waals surface area contributed by atoms with Gasteiger partial charge in [0.15, 0.2) is 0 Å². The Kier molecular flexibility index (Phi) is 7.84. The predicted octanol–water partition coefficient (Wildman–Crippen LogP) is 2.51. The van der Waals surface area contributed by atoms with Gasteiger partial charge in [0, 0.05) is 26.9 Å². The number of hydrogen-bond donors (Lipinski definition) is 1. The molecule has 0 saturated heterocycles. The van der Waals surface area contributed by atoms with Gasteiger partial charge in [-0.1, -0.05) is 18.2 Å². The van der Waals surface area contributed by atoms with E-state index in [2.05, 4.69) is 0 Å². The lowest BCUT2D eigenvalue weighted by Gasteiger charge is -2.13. The Morgan fingerprint density at radius 3 is 2.70 bits per heavy atom. The Balaban J connectivity index is 2.38. The summed E-state index contributed by atoms with van der Waals surface area (Å²) in [6, 6.07) is 6.26. The van der Waals surface area contributed by atoms with Crippen LogP contribution in [0.4, 0.5) is 4.39 Å². The van der Waals surface area contributed by atoms with Crippen LogP contribution in [-0.2, 0) is 20.7 Å². The summed E-state index contributed by atoms with van der Waals surface area (Å²) < 4.78 is 23.7. The molecule has 0 aliphatic rings. The average Bonchev–Trinajstić information content (AvgIpc) is 2.43. The molecule has 20 heavy (non-hydrogen) atoms. The molecule has 0 fully saturated rings. The molecule has 1 N–H and O–H groups in total. The van der Waals surface area contributed by atoms with Crippen molar-refractivity contribution in [2.24, 2.45) is 5.92 Å². The van der Waals surface area contributed by atoms with Crippen molar-refractivity contribution < 1.29 is 23.8 Å². The molecule has 0 saturated carbocycles. The van der Waals surface area contributed by atoms with Crippen molar-refractivity contribution in [2.45, 2.75) is 19.3 Å². The van der Waals surface area contributed by atoms with Gasteiger partial charge in [-0.2, -0.15) is 0 Å². The van der Waals surface area contributed by atoms with Gasteiger partial charge >= 0.3 is 5.97 Å². The molecule has 0 amide bonds. The summed E-state index contributed by atoms with van der Waals surface area (Å²) in [4.78, 5) is 11.2. The van der Waals surface area contributed by atoms with Gasteiger partial charge in [0.25, 0.3) is 0 Å².